The van der Waals surface area contributed by atoms with E-state index in [1.54, 1.807) is 0 Å². The highest BCUT2D eigenvalue weighted by atomic mass is 15.1. The van der Waals surface area contributed by atoms with Gasteiger partial charge in [0.25, 0.3) is 0 Å². The minimum atomic E-state index is 1.04. The molecule has 0 heterocycles. The van der Waals surface area contributed by atoms with E-state index in [1.807, 2.05) is 0 Å². The summed E-state index contributed by atoms with van der Waals surface area (Å²) in [6.07, 6.45) is 1.04. The van der Waals surface area contributed by atoms with E-state index in [0.29, 0.717) is 0 Å². The summed E-state index contributed by atoms with van der Waals surface area (Å²) in [6.45, 7) is 2.19. The molecule has 0 radical (unpaired) electrons. The Morgan fingerprint density at radius 3 is 1.09 bits per heavy atom. The van der Waals surface area contributed by atoms with E-state index in [4.69, 9.17) is 0 Å². The van der Waals surface area contributed by atoms with Gasteiger partial charge in [-0.05, 0) is 70.6 Å². The number of hydrogen-bond acceptors (Lipinski definition) is 1. The summed E-state index contributed by atoms with van der Waals surface area (Å²) in [5, 5.41) is 0. The van der Waals surface area contributed by atoms with Crippen LogP contribution in [0.1, 0.15) is 12.5 Å². The van der Waals surface area contributed by atoms with Gasteiger partial charge in [0, 0.05) is 17.1 Å². The molecular weight excluding hydrogens is 398 g/mol. The van der Waals surface area contributed by atoms with Crippen molar-refractivity contribution in [2.75, 3.05) is 4.90 Å². The van der Waals surface area contributed by atoms with Crippen LogP contribution in [-0.4, -0.2) is 0 Å². The number of rotatable bonds is 6. The number of benzene rings is 5. The molecule has 0 saturated carbocycles. The van der Waals surface area contributed by atoms with Crippen molar-refractivity contribution >= 4 is 17.1 Å². The maximum Gasteiger partial charge on any atom is 0.0462 e. The first-order valence-electron chi connectivity index (χ1n) is 11.5. The average Bonchev–Trinajstić information content (AvgIpc) is 2.91. The van der Waals surface area contributed by atoms with Crippen LogP contribution in [0.3, 0.4) is 0 Å². The highest BCUT2D eigenvalue weighted by Gasteiger charge is 2.13. The van der Waals surface area contributed by atoms with Crippen LogP contribution in [0, 0.1) is 0 Å². The van der Waals surface area contributed by atoms with E-state index >= 15 is 0 Å². The van der Waals surface area contributed by atoms with Crippen LogP contribution >= 0.6 is 0 Å². The third-order valence-electron chi connectivity index (χ3n) is 6.07. The smallest absolute Gasteiger partial charge is 0.0462 e. The van der Waals surface area contributed by atoms with E-state index < -0.39 is 0 Å². The topological polar surface area (TPSA) is 3.24 Å². The lowest BCUT2D eigenvalue weighted by Gasteiger charge is -2.26. The summed E-state index contributed by atoms with van der Waals surface area (Å²) < 4.78 is 0. The maximum absolute atomic E-state index is 2.32. The molecule has 0 unspecified atom stereocenters. The second-order valence-electron chi connectivity index (χ2n) is 8.18. The Bertz CT molecular complexity index is 1200. The summed E-state index contributed by atoms with van der Waals surface area (Å²) >= 11 is 0. The first-order valence-corrected chi connectivity index (χ1v) is 11.5. The van der Waals surface area contributed by atoms with Crippen LogP contribution in [0.5, 0.6) is 0 Å². The molecule has 5 aromatic rings. The fourth-order valence-corrected chi connectivity index (χ4v) is 4.20. The molecule has 160 valence electrons. The summed E-state index contributed by atoms with van der Waals surface area (Å²) in [4.78, 5) is 2.32. The van der Waals surface area contributed by atoms with E-state index in [1.165, 1.54) is 27.8 Å². The second kappa shape index (κ2) is 9.58. The highest BCUT2D eigenvalue weighted by molar-refractivity contribution is 5.79. The lowest BCUT2D eigenvalue weighted by Crippen LogP contribution is -2.09. The van der Waals surface area contributed by atoms with Gasteiger partial charge in [-0.15, -0.1) is 0 Å². The van der Waals surface area contributed by atoms with Crippen molar-refractivity contribution < 1.29 is 0 Å². The van der Waals surface area contributed by atoms with Crippen molar-refractivity contribution in [2.45, 2.75) is 13.3 Å². The molecule has 0 amide bonds. The Balaban J connectivity index is 1.53. The Kier molecular flexibility index (Phi) is 6.04. The summed E-state index contributed by atoms with van der Waals surface area (Å²) in [6, 6.07) is 47.6. The van der Waals surface area contributed by atoms with Crippen LogP contribution in [0.15, 0.2) is 133 Å². The first kappa shape index (κ1) is 20.8. The largest absolute Gasteiger partial charge is 0.311 e. The summed E-state index contributed by atoms with van der Waals surface area (Å²) in [7, 11) is 0. The quantitative estimate of drug-likeness (QED) is 0.262. The monoisotopic (exact) mass is 425 g/mol. The molecule has 0 aliphatic heterocycles. The maximum atomic E-state index is 2.32. The van der Waals surface area contributed by atoms with Crippen LogP contribution in [0.4, 0.5) is 17.1 Å². The molecule has 0 fully saturated rings. The predicted octanol–water partition coefficient (Wildman–Crippen LogP) is 9.05. The first-order chi connectivity index (χ1) is 16.3. The SMILES string of the molecule is CCc1ccc(N(c2ccc(-c3ccccc3)cc2)c2ccc(-c3ccccc3)cc2)cc1. The van der Waals surface area contributed by atoms with Crippen LogP contribution < -0.4 is 4.90 Å². The standard InChI is InChI=1S/C32H27N/c1-2-25-13-19-30(20-14-25)33(31-21-15-28(16-22-31)26-9-5-3-6-10-26)32-23-17-29(18-24-32)27-11-7-4-8-12-27/h3-24H,2H2,1H3. The van der Waals surface area contributed by atoms with Gasteiger partial charge in [0.1, 0.15) is 0 Å². The van der Waals surface area contributed by atoms with Crippen molar-refractivity contribution in [3.63, 3.8) is 0 Å². The molecule has 0 bridgehead atoms. The lowest BCUT2D eigenvalue weighted by molar-refractivity contribution is 1.14. The number of anilines is 3. The number of nitrogens with zero attached hydrogens (tertiary/aromatic N) is 1. The minimum Gasteiger partial charge on any atom is -0.311 e. The molecule has 0 spiro atoms. The van der Waals surface area contributed by atoms with Crippen LogP contribution in [0.2, 0.25) is 0 Å². The zero-order valence-corrected chi connectivity index (χ0v) is 18.9. The molecule has 0 N–H and O–H groups in total. The molecule has 0 saturated heterocycles. The predicted molar refractivity (Wildman–Crippen MR) is 141 cm³/mol. The Morgan fingerprint density at radius 1 is 0.394 bits per heavy atom. The fraction of sp³-hybridized carbons (Fsp3) is 0.0625. The van der Waals surface area contributed by atoms with Crippen molar-refractivity contribution in [2.24, 2.45) is 0 Å². The highest BCUT2D eigenvalue weighted by Crippen LogP contribution is 2.36. The van der Waals surface area contributed by atoms with Crippen molar-refractivity contribution in [3.8, 4) is 22.3 Å². The van der Waals surface area contributed by atoms with Gasteiger partial charge in [0.15, 0.2) is 0 Å². The zero-order chi connectivity index (χ0) is 22.5. The molecule has 0 aliphatic rings. The second-order valence-corrected chi connectivity index (χ2v) is 8.18. The Morgan fingerprint density at radius 2 is 0.727 bits per heavy atom. The van der Waals surface area contributed by atoms with Gasteiger partial charge < -0.3 is 4.90 Å². The molecular formula is C32H27N. The third-order valence-corrected chi connectivity index (χ3v) is 6.07. The average molecular weight is 426 g/mol. The summed E-state index contributed by atoms with van der Waals surface area (Å²) in [5.74, 6) is 0. The molecule has 0 aliphatic carbocycles. The van der Waals surface area contributed by atoms with Gasteiger partial charge in [0.2, 0.25) is 0 Å². The molecule has 1 heteroatoms. The van der Waals surface area contributed by atoms with Gasteiger partial charge in [-0.1, -0.05) is 104 Å². The number of hydrogen-bond donors (Lipinski definition) is 0. The molecule has 0 atom stereocenters. The normalized spacial score (nSPS) is 10.7. The molecule has 5 rings (SSSR count). The Hall–Kier alpha value is -4.10. The van der Waals surface area contributed by atoms with Crippen LogP contribution in [0.25, 0.3) is 22.3 Å². The number of aryl methyl sites for hydroxylation is 1. The zero-order valence-electron chi connectivity index (χ0n) is 18.9. The van der Waals surface area contributed by atoms with Crippen molar-refractivity contribution in [1.82, 2.24) is 0 Å². The van der Waals surface area contributed by atoms with Gasteiger partial charge in [0.05, 0.1) is 0 Å². The lowest BCUT2D eigenvalue weighted by atomic mass is 10.0. The van der Waals surface area contributed by atoms with Gasteiger partial charge in [-0.25, -0.2) is 0 Å². The molecule has 33 heavy (non-hydrogen) atoms. The third kappa shape index (κ3) is 4.58. The van der Waals surface area contributed by atoms with Crippen LogP contribution in [-0.2, 0) is 6.42 Å². The molecule has 0 aromatic heterocycles. The molecule has 5 aromatic carbocycles. The van der Waals surface area contributed by atoms with Gasteiger partial charge in [-0.2, -0.15) is 0 Å². The van der Waals surface area contributed by atoms with Gasteiger partial charge >= 0.3 is 0 Å². The van der Waals surface area contributed by atoms with Gasteiger partial charge in [-0.3, -0.25) is 0 Å². The van der Waals surface area contributed by atoms with E-state index in [-0.39, 0.29) is 0 Å². The Labute approximate surface area is 196 Å². The van der Waals surface area contributed by atoms with Crippen molar-refractivity contribution in [1.29, 1.82) is 0 Å². The van der Waals surface area contributed by atoms with E-state index in [2.05, 4.69) is 145 Å². The molecule has 1 nitrogen and oxygen atoms in total. The summed E-state index contributed by atoms with van der Waals surface area (Å²) in [5.41, 5.74) is 9.70. The van der Waals surface area contributed by atoms with E-state index in [0.717, 1.165) is 23.5 Å². The minimum absolute atomic E-state index is 1.04. The fourth-order valence-electron chi connectivity index (χ4n) is 4.20. The van der Waals surface area contributed by atoms with E-state index in [9.17, 15) is 0 Å². The van der Waals surface area contributed by atoms with Crippen molar-refractivity contribution in [3.05, 3.63) is 139 Å².